The number of rotatable bonds is 4. The van der Waals surface area contributed by atoms with Crippen LogP contribution in [0.1, 0.15) is 71.1 Å². The minimum Gasteiger partial charge on any atom is -0.310 e. The Balaban J connectivity index is 1.47. The van der Waals surface area contributed by atoms with E-state index < -0.39 is 0 Å². The van der Waals surface area contributed by atoms with Gasteiger partial charge in [0.15, 0.2) is 0 Å². The molecule has 0 amide bonds. The summed E-state index contributed by atoms with van der Waals surface area (Å²) in [6.07, 6.45) is 14.4. The van der Waals surface area contributed by atoms with Crippen molar-refractivity contribution in [3.63, 3.8) is 0 Å². The molecule has 3 aliphatic rings. The fourth-order valence-electron chi connectivity index (χ4n) is 4.82. The van der Waals surface area contributed by atoms with Gasteiger partial charge in [0, 0.05) is 24.7 Å². The van der Waals surface area contributed by atoms with E-state index in [2.05, 4.69) is 17.1 Å². The molecule has 1 saturated carbocycles. The van der Waals surface area contributed by atoms with Crippen LogP contribution in [0.3, 0.4) is 0 Å². The Labute approximate surface area is 119 Å². The largest absolute Gasteiger partial charge is 0.310 e. The summed E-state index contributed by atoms with van der Waals surface area (Å²) < 4.78 is 0. The Bertz CT molecular complexity index is 278. The predicted molar refractivity (Wildman–Crippen MR) is 81.4 cm³/mol. The van der Waals surface area contributed by atoms with Crippen molar-refractivity contribution in [3.05, 3.63) is 0 Å². The molecule has 110 valence electrons. The van der Waals surface area contributed by atoms with Crippen LogP contribution >= 0.6 is 0 Å². The molecule has 4 unspecified atom stereocenters. The van der Waals surface area contributed by atoms with Crippen LogP contribution < -0.4 is 5.32 Å². The van der Waals surface area contributed by atoms with Crippen LogP contribution in [0, 0.1) is 5.92 Å². The van der Waals surface area contributed by atoms with E-state index in [1.807, 2.05) is 0 Å². The average molecular weight is 264 g/mol. The first-order chi connectivity index (χ1) is 9.36. The monoisotopic (exact) mass is 264 g/mol. The van der Waals surface area contributed by atoms with Gasteiger partial charge in [0.05, 0.1) is 0 Å². The van der Waals surface area contributed by atoms with Crippen LogP contribution in [0.5, 0.6) is 0 Å². The summed E-state index contributed by atoms with van der Waals surface area (Å²) in [5, 5.41) is 4.05. The summed E-state index contributed by atoms with van der Waals surface area (Å²) in [6.45, 7) is 5.06. The molecule has 2 heterocycles. The highest BCUT2D eigenvalue weighted by Crippen LogP contribution is 2.31. The molecule has 0 bridgehead atoms. The van der Waals surface area contributed by atoms with Gasteiger partial charge in [-0.25, -0.2) is 0 Å². The Morgan fingerprint density at radius 3 is 2.79 bits per heavy atom. The normalized spacial score (nSPS) is 40.3. The number of nitrogens with zero attached hydrogens (tertiary/aromatic N) is 1. The summed E-state index contributed by atoms with van der Waals surface area (Å²) in [5.41, 5.74) is 0. The van der Waals surface area contributed by atoms with Gasteiger partial charge in [-0.1, -0.05) is 32.6 Å². The van der Waals surface area contributed by atoms with Gasteiger partial charge in [-0.2, -0.15) is 0 Å². The van der Waals surface area contributed by atoms with Crippen LogP contribution in [0.2, 0.25) is 0 Å². The maximum absolute atomic E-state index is 4.05. The lowest BCUT2D eigenvalue weighted by molar-refractivity contribution is 0.282. The Kier molecular flexibility index (Phi) is 4.81. The Morgan fingerprint density at radius 2 is 1.89 bits per heavy atom. The lowest BCUT2D eigenvalue weighted by Gasteiger charge is -2.26. The van der Waals surface area contributed by atoms with Crippen LogP contribution in [-0.2, 0) is 0 Å². The highest BCUT2D eigenvalue weighted by atomic mass is 15.2. The maximum atomic E-state index is 4.05. The van der Waals surface area contributed by atoms with E-state index in [0.717, 1.165) is 24.0 Å². The lowest BCUT2D eigenvalue weighted by Crippen LogP contribution is -2.44. The summed E-state index contributed by atoms with van der Waals surface area (Å²) in [5.74, 6) is 1.03. The van der Waals surface area contributed by atoms with Crippen molar-refractivity contribution in [2.75, 3.05) is 13.1 Å². The van der Waals surface area contributed by atoms with E-state index in [9.17, 15) is 0 Å². The number of hydrogen-bond acceptors (Lipinski definition) is 2. The minimum absolute atomic E-state index is 0.815. The molecule has 0 radical (unpaired) electrons. The topological polar surface area (TPSA) is 15.3 Å². The summed E-state index contributed by atoms with van der Waals surface area (Å²) in [4.78, 5) is 2.73. The van der Waals surface area contributed by atoms with E-state index in [4.69, 9.17) is 0 Å². The zero-order valence-electron chi connectivity index (χ0n) is 12.7. The molecule has 2 heteroatoms. The minimum atomic E-state index is 0.815. The fraction of sp³-hybridized carbons (Fsp3) is 1.00. The third kappa shape index (κ3) is 3.33. The van der Waals surface area contributed by atoms with Crippen LogP contribution in [-0.4, -0.2) is 36.1 Å². The first kappa shape index (κ1) is 13.9. The van der Waals surface area contributed by atoms with E-state index in [0.29, 0.717) is 0 Å². The van der Waals surface area contributed by atoms with Crippen LogP contribution in [0.25, 0.3) is 0 Å². The number of hydrogen-bond donors (Lipinski definition) is 1. The second-order valence-electron chi connectivity index (χ2n) is 7.17. The zero-order valence-corrected chi connectivity index (χ0v) is 12.7. The molecule has 1 N–H and O–H groups in total. The van der Waals surface area contributed by atoms with Crippen LogP contribution in [0.4, 0.5) is 0 Å². The first-order valence-corrected chi connectivity index (χ1v) is 8.87. The molecule has 3 fully saturated rings. The molecule has 2 aliphatic heterocycles. The van der Waals surface area contributed by atoms with Crippen molar-refractivity contribution >= 4 is 0 Å². The second kappa shape index (κ2) is 6.58. The second-order valence-corrected chi connectivity index (χ2v) is 7.17. The molecule has 2 nitrogen and oxygen atoms in total. The number of nitrogens with one attached hydrogen (secondary N) is 1. The van der Waals surface area contributed by atoms with Crippen molar-refractivity contribution in [1.29, 1.82) is 0 Å². The van der Waals surface area contributed by atoms with Crippen molar-refractivity contribution in [2.45, 2.75) is 89.3 Å². The van der Waals surface area contributed by atoms with Crippen molar-refractivity contribution in [3.8, 4) is 0 Å². The molecule has 0 aromatic rings. The van der Waals surface area contributed by atoms with E-state index >= 15 is 0 Å². The standard InChI is InChI=1S/C17H32N2/c1-2-5-14-6-3-7-15(10-9-14)18-16-11-13-19-12-4-8-17(16)19/h14-18H,2-13H2,1H3. The van der Waals surface area contributed by atoms with E-state index in [-0.39, 0.29) is 0 Å². The molecule has 0 aromatic carbocycles. The maximum Gasteiger partial charge on any atom is 0.0250 e. The first-order valence-electron chi connectivity index (χ1n) is 8.87. The van der Waals surface area contributed by atoms with Gasteiger partial charge >= 0.3 is 0 Å². The van der Waals surface area contributed by atoms with Gasteiger partial charge in [-0.05, 0) is 51.0 Å². The van der Waals surface area contributed by atoms with Crippen molar-refractivity contribution in [2.24, 2.45) is 5.92 Å². The number of fused-ring (bicyclic) bond motifs is 1. The molecule has 4 atom stereocenters. The quantitative estimate of drug-likeness (QED) is 0.781. The third-order valence-electron chi connectivity index (χ3n) is 5.84. The van der Waals surface area contributed by atoms with Gasteiger partial charge in [0.1, 0.15) is 0 Å². The Hall–Kier alpha value is -0.0800. The molecule has 2 saturated heterocycles. The fourth-order valence-corrected chi connectivity index (χ4v) is 4.82. The van der Waals surface area contributed by atoms with E-state index in [1.54, 1.807) is 0 Å². The smallest absolute Gasteiger partial charge is 0.0250 e. The van der Waals surface area contributed by atoms with Gasteiger partial charge < -0.3 is 5.32 Å². The SMILES string of the molecule is CCCC1CCCC(NC2CCN3CCCC23)CC1. The molecule has 3 rings (SSSR count). The lowest BCUT2D eigenvalue weighted by atomic mass is 9.95. The average Bonchev–Trinajstić information content (AvgIpc) is 2.93. The van der Waals surface area contributed by atoms with Crippen molar-refractivity contribution < 1.29 is 0 Å². The third-order valence-corrected chi connectivity index (χ3v) is 5.84. The zero-order chi connectivity index (χ0) is 13.1. The Morgan fingerprint density at radius 1 is 0.947 bits per heavy atom. The molecule has 19 heavy (non-hydrogen) atoms. The molecule has 0 aromatic heterocycles. The summed E-state index contributed by atoms with van der Waals surface area (Å²) >= 11 is 0. The summed E-state index contributed by atoms with van der Waals surface area (Å²) in [7, 11) is 0. The molecular weight excluding hydrogens is 232 g/mol. The van der Waals surface area contributed by atoms with Gasteiger partial charge in [-0.3, -0.25) is 4.90 Å². The van der Waals surface area contributed by atoms with Gasteiger partial charge in [0.2, 0.25) is 0 Å². The molecule has 1 aliphatic carbocycles. The highest BCUT2D eigenvalue weighted by Gasteiger charge is 2.37. The predicted octanol–water partition coefficient (Wildman–Crippen LogP) is 3.56. The molecule has 0 spiro atoms. The van der Waals surface area contributed by atoms with Gasteiger partial charge in [0.25, 0.3) is 0 Å². The van der Waals surface area contributed by atoms with Crippen LogP contribution in [0.15, 0.2) is 0 Å². The summed E-state index contributed by atoms with van der Waals surface area (Å²) in [6, 6.07) is 2.53. The van der Waals surface area contributed by atoms with Crippen molar-refractivity contribution in [1.82, 2.24) is 10.2 Å². The van der Waals surface area contributed by atoms with Gasteiger partial charge in [-0.15, -0.1) is 0 Å². The highest BCUT2D eigenvalue weighted by molar-refractivity contribution is 4.97. The molecular formula is C17H32N2. The van der Waals surface area contributed by atoms with E-state index in [1.165, 1.54) is 77.3 Å².